The molecular formula is C20H26N4O2. The van der Waals surface area contributed by atoms with E-state index in [1.165, 1.54) is 0 Å². The third kappa shape index (κ3) is 3.49. The van der Waals surface area contributed by atoms with Crippen LogP contribution in [0.15, 0.2) is 30.3 Å². The Balaban J connectivity index is 1.97. The van der Waals surface area contributed by atoms with E-state index in [2.05, 4.69) is 10.3 Å². The molecule has 3 rings (SSSR count). The first-order valence-corrected chi connectivity index (χ1v) is 9.41. The van der Waals surface area contributed by atoms with E-state index in [9.17, 15) is 9.59 Å². The number of para-hydroxylation sites is 1. The van der Waals surface area contributed by atoms with E-state index in [1.807, 2.05) is 48.7 Å². The molecule has 0 atom stereocenters. The Bertz CT molecular complexity index is 783. The first-order chi connectivity index (χ1) is 12.7. The third-order valence-electron chi connectivity index (χ3n) is 4.69. The minimum absolute atomic E-state index is 0.140. The van der Waals surface area contributed by atoms with Gasteiger partial charge in [0, 0.05) is 25.3 Å². The van der Waals surface area contributed by atoms with E-state index in [0.717, 1.165) is 43.6 Å². The van der Waals surface area contributed by atoms with Gasteiger partial charge in [0.1, 0.15) is 0 Å². The van der Waals surface area contributed by atoms with Crippen LogP contribution in [0.5, 0.6) is 0 Å². The van der Waals surface area contributed by atoms with Crippen LogP contribution >= 0.6 is 0 Å². The van der Waals surface area contributed by atoms with Crippen LogP contribution in [-0.2, 0) is 13.0 Å². The van der Waals surface area contributed by atoms with Crippen molar-refractivity contribution in [3.8, 4) is 0 Å². The molecular weight excluding hydrogens is 328 g/mol. The van der Waals surface area contributed by atoms with E-state index in [4.69, 9.17) is 0 Å². The summed E-state index contributed by atoms with van der Waals surface area (Å²) in [6.07, 6.45) is 3.66. The summed E-state index contributed by atoms with van der Waals surface area (Å²) in [5.41, 5.74) is 2.14. The van der Waals surface area contributed by atoms with E-state index >= 15 is 0 Å². The Morgan fingerprint density at radius 2 is 1.96 bits per heavy atom. The van der Waals surface area contributed by atoms with Crippen molar-refractivity contribution in [1.82, 2.24) is 14.9 Å². The summed E-state index contributed by atoms with van der Waals surface area (Å²) in [7, 11) is 0. The standard InChI is InChI=1S/C20H26N4O2/c1-3-13-21-19(25)18-22-17(16-12-8-9-14-24(16)18)20(26)23(4-2)15-10-6-5-7-11-15/h5-7,10-11H,3-4,8-9,12-14H2,1-2H3,(H,21,25). The fourth-order valence-corrected chi connectivity index (χ4v) is 3.38. The number of benzene rings is 1. The SMILES string of the molecule is CCCNC(=O)c1nc(C(=O)N(CC)c2ccccc2)c2n1CCCC2. The van der Waals surface area contributed by atoms with Gasteiger partial charge in [-0.3, -0.25) is 9.59 Å². The number of fused-ring (bicyclic) bond motifs is 1. The van der Waals surface area contributed by atoms with Gasteiger partial charge >= 0.3 is 0 Å². The zero-order valence-corrected chi connectivity index (χ0v) is 15.5. The van der Waals surface area contributed by atoms with Gasteiger partial charge in [0.25, 0.3) is 11.8 Å². The van der Waals surface area contributed by atoms with Crippen molar-refractivity contribution in [3.05, 3.63) is 47.5 Å². The summed E-state index contributed by atoms with van der Waals surface area (Å²) in [6, 6.07) is 9.59. The number of aromatic nitrogens is 2. The monoisotopic (exact) mass is 354 g/mol. The molecule has 0 bridgehead atoms. The number of rotatable bonds is 6. The molecule has 0 radical (unpaired) electrons. The second-order valence-electron chi connectivity index (χ2n) is 6.48. The maximum Gasteiger partial charge on any atom is 0.287 e. The summed E-state index contributed by atoms with van der Waals surface area (Å²) in [6.45, 7) is 5.85. The molecule has 6 heteroatoms. The Morgan fingerprint density at radius 1 is 1.19 bits per heavy atom. The molecule has 1 aliphatic rings. The molecule has 138 valence electrons. The number of carbonyl (C=O) groups is 2. The Labute approximate surface area is 154 Å². The number of amides is 2. The predicted molar refractivity (Wildman–Crippen MR) is 102 cm³/mol. The molecule has 2 aromatic rings. The van der Waals surface area contributed by atoms with Gasteiger partial charge in [-0.1, -0.05) is 25.1 Å². The Hall–Kier alpha value is -2.63. The topological polar surface area (TPSA) is 67.2 Å². The predicted octanol–water partition coefficient (Wildman–Crippen LogP) is 3.03. The van der Waals surface area contributed by atoms with E-state index in [0.29, 0.717) is 24.6 Å². The average Bonchev–Trinajstić information content (AvgIpc) is 3.07. The molecule has 0 saturated carbocycles. The molecule has 0 aliphatic carbocycles. The molecule has 0 unspecified atom stereocenters. The molecule has 1 aliphatic heterocycles. The van der Waals surface area contributed by atoms with Crippen LogP contribution in [0.1, 0.15) is 59.9 Å². The van der Waals surface area contributed by atoms with Crippen LogP contribution < -0.4 is 10.2 Å². The summed E-state index contributed by atoms with van der Waals surface area (Å²) in [4.78, 5) is 31.9. The molecule has 2 heterocycles. The maximum absolute atomic E-state index is 13.2. The Kier molecular flexibility index (Phi) is 5.71. The number of nitrogens with zero attached hydrogens (tertiary/aromatic N) is 3. The minimum atomic E-state index is -0.197. The first kappa shape index (κ1) is 18.2. The van der Waals surface area contributed by atoms with Gasteiger partial charge in [0.2, 0.25) is 0 Å². The Morgan fingerprint density at radius 3 is 2.65 bits per heavy atom. The molecule has 1 aromatic carbocycles. The molecule has 1 N–H and O–H groups in total. The van der Waals surface area contributed by atoms with Gasteiger partial charge in [-0.05, 0) is 44.7 Å². The average molecular weight is 354 g/mol. The molecule has 1 aromatic heterocycles. The largest absolute Gasteiger partial charge is 0.349 e. The van der Waals surface area contributed by atoms with Gasteiger partial charge in [-0.25, -0.2) is 4.98 Å². The van der Waals surface area contributed by atoms with Crippen LogP contribution in [0.25, 0.3) is 0 Å². The van der Waals surface area contributed by atoms with Crippen molar-refractivity contribution >= 4 is 17.5 Å². The fourth-order valence-electron chi connectivity index (χ4n) is 3.38. The van der Waals surface area contributed by atoms with Crippen molar-refractivity contribution in [2.24, 2.45) is 0 Å². The number of hydrogen-bond donors (Lipinski definition) is 1. The summed E-state index contributed by atoms with van der Waals surface area (Å²) in [5, 5.41) is 2.88. The van der Waals surface area contributed by atoms with Crippen LogP contribution in [-0.4, -0.2) is 34.5 Å². The van der Waals surface area contributed by atoms with Crippen molar-refractivity contribution in [1.29, 1.82) is 0 Å². The lowest BCUT2D eigenvalue weighted by molar-refractivity contribution is 0.0937. The second-order valence-corrected chi connectivity index (χ2v) is 6.48. The van der Waals surface area contributed by atoms with Crippen LogP contribution in [0, 0.1) is 0 Å². The zero-order chi connectivity index (χ0) is 18.5. The van der Waals surface area contributed by atoms with Gasteiger partial charge in [-0.2, -0.15) is 0 Å². The van der Waals surface area contributed by atoms with Gasteiger partial charge < -0.3 is 14.8 Å². The highest BCUT2D eigenvalue weighted by atomic mass is 16.2. The highest BCUT2D eigenvalue weighted by molar-refractivity contribution is 6.06. The number of carbonyl (C=O) groups excluding carboxylic acids is 2. The highest BCUT2D eigenvalue weighted by Gasteiger charge is 2.29. The number of imidazole rings is 1. The lowest BCUT2D eigenvalue weighted by Gasteiger charge is -2.22. The van der Waals surface area contributed by atoms with E-state index in [1.54, 1.807) is 4.90 Å². The fraction of sp³-hybridized carbons (Fsp3) is 0.450. The number of anilines is 1. The van der Waals surface area contributed by atoms with Crippen molar-refractivity contribution < 1.29 is 9.59 Å². The third-order valence-corrected chi connectivity index (χ3v) is 4.69. The van der Waals surface area contributed by atoms with Gasteiger partial charge in [0.05, 0.1) is 5.69 Å². The highest BCUT2D eigenvalue weighted by Crippen LogP contribution is 2.24. The van der Waals surface area contributed by atoms with Crippen molar-refractivity contribution in [2.45, 2.75) is 46.1 Å². The van der Waals surface area contributed by atoms with Crippen molar-refractivity contribution in [2.75, 3.05) is 18.0 Å². The number of hydrogen-bond acceptors (Lipinski definition) is 3. The molecule has 2 amide bonds. The molecule has 6 nitrogen and oxygen atoms in total. The van der Waals surface area contributed by atoms with Crippen LogP contribution in [0.2, 0.25) is 0 Å². The lowest BCUT2D eigenvalue weighted by Crippen LogP contribution is -2.32. The van der Waals surface area contributed by atoms with Crippen molar-refractivity contribution in [3.63, 3.8) is 0 Å². The number of nitrogens with one attached hydrogen (secondary N) is 1. The second kappa shape index (κ2) is 8.17. The normalized spacial score (nSPS) is 13.2. The van der Waals surface area contributed by atoms with Gasteiger partial charge in [0.15, 0.2) is 11.5 Å². The quantitative estimate of drug-likeness (QED) is 0.867. The molecule has 26 heavy (non-hydrogen) atoms. The molecule has 0 spiro atoms. The van der Waals surface area contributed by atoms with E-state index < -0.39 is 0 Å². The summed E-state index contributed by atoms with van der Waals surface area (Å²) in [5.74, 6) is 0.0244. The molecule has 0 fully saturated rings. The molecule has 0 saturated heterocycles. The van der Waals surface area contributed by atoms with E-state index in [-0.39, 0.29) is 11.8 Å². The summed E-state index contributed by atoms with van der Waals surface area (Å²) >= 11 is 0. The van der Waals surface area contributed by atoms with Gasteiger partial charge in [-0.15, -0.1) is 0 Å². The lowest BCUT2D eigenvalue weighted by atomic mass is 10.1. The smallest absolute Gasteiger partial charge is 0.287 e. The van der Waals surface area contributed by atoms with Crippen LogP contribution in [0.3, 0.4) is 0 Å². The summed E-state index contributed by atoms with van der Waals surface area (Å²) < 4.78 is 1.93. The zero-order valence-electron chi connectivity index (χ0n) is 15.5. The minimum Gasteiger partial charge on any atom is -0.349 e. The maximum atomic E-state index is 13.2. The first-order valence-electron chi connectivity index (χ1n) is 9.41. The van der Waals surface area contributed by atoms with Crippen LogP contribution in [0.4, 0.5) is 5.69 Å².